The first kappa shape index (κ1) is 12.2. The van der Waals surface area contributed by atoms with E-state index in [-0.39, 0.29) is 5.91 Å². The van der Waals surface area contributed by atoms with Crippen LogP contribution < -0.4 is 5.73 Å². The molecule has 3 N–H and O–H groups in total. The molecule has 3 aromatic rings. The van der Waals surface area contributed by atoms with Gasteiger partial charge in [-0.05, 0) is 48.1 Å². The molecule has 0 radical (unpaired) electrons. The molecule has 0 bridgehead atoms. The lowest BCUT2D eigenvalue weighted by Crippen LogP contribution is -2.11. The normalized spacial score (nSPS) is 14.5. The van der Waals surface area contributed by atoms with Crippen molar-refractivity contribution < 1.29 is 4.79 Å². The fourth-order valence-corrected chi connectivity index (χ4v) is 2.87. The quantitative estimate of drug-likeness (QED) is 0.750. The standard InChI is InChI=1S/C18H16N2O/c19-18(21)15-9-13(11-4-2-1-3-5-11)8-14-10-16(12-6-7-12)20-17(14)15/h1-5,8-10,12,20H,6-7H2,(H2,19,21). The molecule has 3 heteroatoms. The van der Waals surface area contributed by atoms with Crippen LogP contribution in [-0.4, -0.2) is 10.9 Å². The summed E-state index contributed by atoms with van der Waals surface area (Å²) in [7, 11) is 0. The highest BCUT2D eigenvalue weighted by molar-refractivity contribution is 6.07. The molecule has 2 aromatic carbocycles. The molecule has 1 amide bonds. The Kier molecular flexibility index (Phi) is 2.61. The third-order valence-corrected chi connectivity index (χ3v) is 4.14. The van der Waals surface area contributed by atoms with Crippen LogP contribution in [0.4, 0.5) is 0 Å². The Labute approximate surface area is 122 Å². The third-order valence-electron chi connectivity index (χ3n) is 4.14. The third kappa shape index (κ3) is 2.11. The lowest BCUT2D eigenvalue weighted by Gasteiger charge is -2.05. The molecule has 1 aliphatic carbocycles. The number of carbonyl (C=O) groups is 1. The number of carbonyl (C=O) groups excluding carboxylic acids is 1. The van der Waals surface area contributed by atoms with Crippen LogP contribution in [0.3, 0.4) is 0 Å². The van der Waals surface area contributed by atoms with Crippen molar-refractivity contribution in [3.63, 3.8) is 0 Å². The number of nitrogens with one attached hydrogen (secondary N) is 1. The van der Waals surface area contributed by atoms with Gasteiger partial charge in [0, 0.05) is 11.1 Å². The lowest BCUT2D eigenvalue weighted by atomic mass is 10.00. The van der Waals surface area contributed by atoms with Gasteiger partial charge in [0.15, 0.2) is 0 Å². The summed E-state index contributed by atoms with van der Waals surface area (Å²) in [5.41, 5.74) is 10.3. The van der Waals surface area contributed by atoms with E-state index in [0.29, 0.717) is 11.5 Å². The molecule has 0 saturated heterocycles. The highest BCUT2D eigenvalue weighted by atomic mass is 16.1. The second kappa shape index (κ2) is 4.48. The molecule has 0 spiro atoms. The van der Waals surface area contributed by atoms with Gasteiger partial charge in [0.1, 0.15) is 0 Å². The molecule has 1 aliphatic rings. The van der Waals surface area contributed by atoms with Crippen LogP contribution in [0.1, 0.15) is 34.8 Å². The Morgan fingerprint density at radius 3 is 2.48 bits per heavy atom. The monoisotopic (exact) mass is 276 g/mol. The largest absolute Gasteiger partial charge is 0.366 e. The van der Waals surface area contributed by atoms with Gasteiger partial charge in [0.05, 0.1) is 11.1 Å². The number of aromatic amines is 1. The van der Waals surface area contributed by atoms with Crippen molar-refractivity contribution in [2.75, 3.05) is 0 Å². The number of primary amides is 1. The molecule has 1 aromatic heterocycles. The average molecular weight is 276 g/mol. The van der Waals surface area contributed by atoms with E-state index in [1.807, 2.05) is 36.4 Å². The van der Waals surface area contributed by atoms with E-state index in [4.69, 9.17) is 5.73 Å². The average Bonchev–Trinajstić information content (AvgIpc) is 3.26. The van der Waals surface area contributed by atoms with Gasteiger partial charge in [-0.2, -0.15) is 0 Å². The first-order valence-electron chi connectivity index (χ1n) is 7.24. The smallest absolute Gasteiger partial charge is 0.250 e. The Morgan fingerprint density at radius 1 is 1.05 bits per heavy atom. The van der Waals surface area contributed by atoms with Gasteiger partial charge in [0.2, 0.25) is 0 Å². The second-order valence-corrected chi connectivity index (χ2v) is 5.72. The Morgan fingerprint density at radius 2 is 1.81 bits per heavy atom. The predicted octanol–water partition coefficient (Wildman–Crippen LogP) is 3.81. The molecule has 1 saturated carbocycles. The molecule has 0 unspecified atom stereocenters. The van der Waals surface area contributed by atoms with Crippen LogP contribution in [0.2, 0.25) is 0 Å². The number of rotatable bonds is 3. The van der Waals surface area contributed by atoms with Gasteiger partial charge in [0.25, 0.3) is 5.91 Å². The van der Waals surface area contributed by atoms with Crippen LogP contribution in [0.25, 0.3) is 22.0 Å². The van der Waals surface area contributed by atoms with Crippen molar-refractivity contribution in [1.29, 1.82) is 0 Å². The summed E-state index contributed by atoms with van der Waals surface area (Å²) in [6.07, 6.45) is 2.45. The van der Waals surface area contributed by atoms with Crippen LogP contribution in [0.5, 0.6) is 0 Å². The maximum absolute atomic E-state index is 11.8. The summed E-state index contributed by atoms with van der Waals surface area (Å²) in [6, 6.07) is 16.2. The summed E-state index contributed by atoms with van der Waals surface area (Å²) >= 11 is 0. The van der Waals surface area contributed by atoms with Gasteiger partial charge in [-0.3, -0.25) is 4.79 Å². The maximum Gasteiger partial charge on any atom is 0.250 e. The Balaban J connectivity index is 1.95. The van der Waals surface area contributed by atoms with E-state index in [1.54, 1.807) is 0 Å². The van der Waals surface area contributed by atoms with Crippen LogP contribution in [-0.2, 0) is 0 Å². The minimum atomic E-state index is -0.387. The predicted molar refractivity (Wildman–Crippen MR) is 84.2 cm³/mol. The Bertz CT molecular complexity index is 829. The number of hydrogen-bond donors (Lipinski definition) is 2. The second-order valence-electron chi connectivity index (χ2n) is 5.72. The molecular formula is C18H16N2O. The van der Waals surface area contributed by atoms with Gasteiger partial charge in [-0.1, -0.05) is 30.3 Å². The first-order chi connectivity index (χ1) is 10.2. The van der Waals surface area contributed by atoms with Crippen molar-refractivity contribution in [2.45, 2.75) is 18.8 Å². The summed E-state index contributed by atoms with van der Waals surface area (Å²) in [5.74, 6) is 0.236. The molecule has 104 valence electrons. The van der Waals surface area contributed by atoms with E-state index < -0.39 is 0 Å². The van der Waals surface area contributed by atoms with Crippen molar-refractivity contribution >= 4 is 16.8 Å². The zero-order valence-corrected chi connectivity index (χ0v) is 11.6. The first-order valence-corrected chi connectivity index (χ1v) is 7.24. The van der Waals surface area contributed by atoms with Gasteiger partial charge < -0.3 is 10.7 Å². The van der Waals surface area contributed by atoms with Crippen LogP contribution in [0.15, 0.2) is 48.5 Å². The fourth-order valence-electron chi connectivity index (χ4n) is 2.87. The van der Waals surface area contributed by atoms with E-state index in [0.717, 1.165) is 22.0 Å². The minimum Gasteiger partial charge on any atom is -0.366 e. The van der Waals surface area contributed by atoms with E-state index in [9.17, 15) is 4.79 Å². The summed E-state index contributed by atoms with van der Waals surface area (Å²) in [5, 5.41) is 1.06. The zero-order chi connectivity index (χ0) is 14.4. The van der Waals surface area contributed by atoms with Crippen molar-refractivity contribution in [3.8, 4) is 11.1 Å². The number of benzene rings is 2. The fraction of sp³-hybridized carbons (Fsp3) is 0.167. The van der Waals surface area contributed by atoms with Crippen molar-refractivity contribution in [1.82, 2.24) is 4.98 Å². The molecule has 0 atom stereocenters. The summed E-state index contributed by atoms with van der Waals surface area (Å²) < 4.78 is 0. The van der Waals surface area contributed by atoms with Gasteiger partial charge in [-0.25, -0.2) is 0 Å². The van der Waals surface area contributed by atoms with E-state index in [2.05, 4.69) is 17.1 Å². The maximum atomic E-state index is 11.8. The summed E-state index contributed by atoms with van der Waals surface area (Å²) in [6.45, 7) is 0. The molecule has 3 nitrogen and oxygen atoms in total. The van der Waals surface area contributed by atoms with Crippen LogP contribution >= 0.6 is 0 Å². The molecule has 1 heterocycles. The zero-order valence-electron chi connectivity index (χ0n) is 11.6. The van der Waals surface area contributed by atoms with Crippen molar-refractivity contribution in [3.05, 3.63) is 59.8 Å². The van der Waals surface area contributed by atoms with Gasteiger partial charge >= 0.3 is 0 Å². The van der Waals surface area contributed by atoms with E-state index >= 15 is 0 Å². The topological polar surface area (TPSA) is 58.9 Å². The Hall–Kier alpha value is -2.55. The minimum absolute atomic E-state index is 0.387. The SMILES string of the molecule is NC(=O)c1cc(-c2ccccc2)cc2cc(C3CC3)[nH]c12. The molecule has 21 heavy (non-hydrogen) atoms. The van der Waals surface area contributed by atoms with Crippen LogP contribution in [0, 0.1) is 0 Å². The molecule has 1 fully saturated rings. The highest BCUT2D eigenvalue weighted by Crippen LogP contribution is 2.41. The number of fused-ring (bicyclic) bond motifs is 1. The van der Waals surface area contributed by atoms with E-state index in [1.165, 1.54) is 18.5 Å². The summed E-state index contributed by atoms with van der Waals surface area (Å²) in [4.78, 5) is 15.2. The lowest BCUT2D eigenvalue weighted by molar-refractivity contribution is 0.100. The molecule has 0 aliphatic heterocycles. The number of H-pyrrole nitrogens is 1. The number of aromatic nitrogens is 1. The van der Waals surface area contributed by atoms with Crippen molar-refractivity contribution in [2.24, 2.45) is 5.73 Å². The molecule has 4 rings (SSSR count). The molecular weight excluding hydrogens is 260 g/mol. The highest BCUT2D eigenvalue weighted by Gasteiger charge is 2.26. The van der Waals surface area contributed by atoms with Gasteiger partial charge in [-0.15, -0.1) is 0 Å². The number of nitrogens with two attached hydrogens (primary N) is 1. The number of hydrogen-bond acceptors (Lipinski definition) is 1. The number of amides is 1.